The van der Waals surface area contributed by atoms with Gasteiger partial charge in [-0.25, -0.2) is 13.1 Å². The van der Waals surface area contributed by atoms with E-state index in [1.807, 2.05) is 6.07 Å². The zero-order chi connectivity index (χ0) is 22.6. The predicted molar refractivity (Wildman–Crippen MR) is 127 cm³/mol. The largest absolute Gasteiger partial charge is 0.353 e. The van der Waals surface area contributed by atoms with Crippen molar-refractivity contribution in [2.24, 2.45) is 0 Å². The Balaban J connectivity index is 0.000000262. The normalized spacial score (nSPS) is 16.4. The summed E-state index contributed by atoms with van der Waals surface area (Å²) in [6, 6.07) is 10.3. The van der Waals surface area contributed by atoms with Gasteiger partial charge in [-0.05, 0) is 49.6 Å². The van der Waals surface area contributed by atoms with Crippen molar-refractivity contribution >= 4 is 46.4 Å². The molecule has 0 N–H and O–H groups in total. The molecule has 0 radical (unpaired) electrons. The summed E-state index contributed by atoms with van der Waals surface area (Å²) in [5.74, 6) is 0. The third-order valence-corrected chi connectivity index (χ3v) is 6.04. The number of benzene rings is 2. The Hall–Kier alpha value is -1.50. The first-order chi connectivity index (χ1) is 14.9. The van der Waals surface area contributed by atoms with Crippen molar-refractivity contribution < 1.29 is 9.47 Å². The lowest BCUT2D eigenvalue weighted by Crippen LogP contribution is -2.23. The van der Waals surface area contributed by atoms with Crippen LogP contribution < -0.4 is 0 Å². The lowest BCUT2D eigenvalue weighted by atomic mass is 10.1. The van der Waals surface area contributed by atoms with Crippen LogP contribution in [0.3, 0.4) is 0 Å². The van der Waals surface area contributed by atoms with Gasteiger partial charge in [-0.15, -0.1) is 0 Å². The van der Waals surface area contributed by atoms with E-state index in [4.69, 9.17) is 69.0 Å². The van der Waals surface area contributed by atoms with E-state index in [1.54, 1.807) is 30.3 Å². The maximum absolute atomic E-state index is 7.31. The summed E-state index contributed by atoms with van der Waals surface area (Å²) in [5.41, 5.74) is 1.77. The van der Waals surface area contributed by atoms with E-state index in [2.05, 4.69) is 9.69 Å². The minimum Gasteiger partial charge on any atom is -0.353 e. The Morgan fingerprint density at radius 3 is 2.26 bits per heavy atom. The number of nitrogens with zero attached hydrogens (tertiary/aromatic N) is 2. The Labute approximate surface area is 203 Å². The van der Waals surface area contributed by atoms with E-state index in [1.165, 1.54) is 0 Å². The summed E-state index contributed by atoms with van der Waals surface area (Å²) >= 11 is 23.3. The van der Waals surface area contributed by atoms with Crippen molar-refractivity contribution in [2.75, 3.05) is 13.2 Å². The monoisotopic (exact) mass is 498 g/mol. The Bertz CT molecular complexity index is 934. The van der Waals surface area contributed by atoms with Gasteiger partial charge in [0.15, 0.2) is 6.29 Å². The molecule has 0 amide bonds. The van der Waals surface area contributed by atoms with Gasteiger partial charge in [0.25, 0.3) is 6.04 Å². The summed E-state index contributed by atoms with van der Waals surface area (Å²) in [7, 11) is 0. The minimum atomic E-state index is -0.256. The van der Waals surface area contributed by atoms with Gasteiger partial charge in [0, 0.05) is 17.7 Å². The second-order valence-electron chi connectivity index (χ2n) is 6.84. The van der Waals surface area contributed by atoms with Gasteiger partial charge < -0.3 is 19.2 Å². The first-order valence-corrected chi connectivity index (χ1v) is 11.3. The van der Waals surface area contributed by atoms with Gasteiger partial charge in [0.1, 0.15) is 0 Å². The van der Waals surface area contributed by atoms with E-state index < -0.39 is 0 Å². The Kier molecular flexibility index (Phi) is 11.5. The summed E-state index contributed by atoms with van der Waals surface area (Å²) in [6.07, 6.45) is 3.71. The van der Waals surface area contributed by atoms with Gasteiger partial charge in [-0.3, -0.25) is 0 Å². The van der Waals surface area contributed by atoms with Crippen LogP contribution in [0.2, 0.25) is 20.1 Å². The average Bonchev–Trinajstić information content (AvgIpc) is 2.77. The van der Waals surface area contributed by atoms with Crippen molar-refractivity contribution in [3.8, 4) is 0 Å². The van der Waals surface area contributed by atoms with Crippen molar-refractivity contribution in [2.45, 2.75) is 44.6 Å². The standard InChI is InChI=1S/C15H17Cl2NO2.C8H5Cl2N/c1-18-14(11-5-6-12(16)13(17)10-11)7-9-20-15-4-2-3-8-19-15;1-11-5-6-2-3-7(9)8(10)4-6/h5-6,10,14-15H,2-4,7-9H2;2-4H,5H2. The van der Waals surface area contributed by atoms with Crippen molar-refractivity contribution in [3.05, 3.63) is 90.4 Å². The third kappa shape index (κ3) is 8.87. The molecule has 0 bridgehead atoms. The van der Waals surface area contributed by atoms with Crippen molar-refractivity contribution in [1.82, 2.24) is 0 Å². The first-order valence-electron chi connectivity index (χ1n) is 9.76. The highest BCUT2D eigenvalue weighted by Crippen LogP contribution is 2.29. The quantitative estimate of drug-likeness (QED) is 0.373. The molecule has 3 rings (SSSR count). The predicted octanol–water partition coefficient (Wildman–Crippen LogP) is 8.30. The average molecular weight is 500 g/mol. The van der Waals surface area contributed by atoms with E-state index in [-0.39, 0.29) is 12.3 Å². The van der Waals surface area contributed by atoms with Gasteiger partial charge >= 0.3 is 0 Å². The molecule has 1 saturated heterocycles. The maximum atomic E-state index is 7.31. The summed E-state index contributed by atoms with van der Waals surface area (Å²) in [4.78, 5) is 6.86. The molecule has 1 fully saturated rings. The highest BCUT2D eigenvalue weighted by atomic mass is 35.5. The number of rotatable bonds is 6. The van der Waals surface area contributed by atoms with Crippen LogP contribution in [0.5, 0.6) is 0 Å². The van der Waals surface area contributed by atoms with Crippen molar-refractivity contribution in [1.29, 1.82) is 0 Å². The van der Waals surface area contributed by atoms with Gasteiger partial charge in [0.05, 0.1) is 33.1 Å². The highest BCUT2D eigenvalue weighted by molar-refractivity contribution is 6.42. The van der Waals surface area contributed by atoms with Crippen LogP contribution in [-0.4, -0.2) is 19.5 Å². The Morgan fingerprint density at radius 1 is 0.968 bits per heavy atom. The number of ether oxygens (including phenoxy) is 2. The summed E-state index contributed by atoms with van der Waals surface area (Å²) in [6.45, 7) is 15.6. The van der Waals surface area contributed by atoms with Crippen LogP contribution in [0.25, 0.3) is 9.69 Å². The molecule has 1 aliphatic heterocycles. The summed E-state index contributed by atoms with van der Waals surface area (Å²) in [5, 5.41) is 2.02. The van der Waals surface area contributed by atoms with E-state index in [9.17, 15) is 0 Å². The smallest absolute Gasteiger partial charge is 0.250 e. The van der Waals surface area contributed by atoms with Crippen LogP contribution in [-0.2, 0) is 16.0 Å². The molecule has 2 unspecified atom stereocenters. The van der Waals surface area contributed by atoms with Gasteiger partial charge in [-0.1, -0.05) is 52.5 Å². The molecule has 8 heteroatoms. The van der Waals surface area contributed by atoms with Gasteiger partial charge in [0.2, 0.25) is 6.54 Å². The minimum absolute atomic E-state index is 0.107. The highest BCUT2D eigenvalue weighted by Gasteiger charge is 2.19. The molecular formula is C23H22Cl4N2O2. The fraction of sp³-hybridized carbons (Fsp3) is 0.391. The van der Waals surface area contributed by atoms with Crippen LogP contribution in [0.1, 0.15) is 42.9 Å². The third-order valence-electron chi connectivity index (χ3n) is 4.56. The zero-order valence-electron chi connectivity index (χ0n) is 16.8. The number of hydrogen-bond acceptors (Lipinski definition) is 2. The van der Waals surface area contributed by atoms with E-state index in [0.717, 1.165) is 37.0 Å². The van der Waals surface area contributed by atoms with Crippen molar-refractivity contribution in [3.63, 3.8) is 0 Å². The van der Waals surface area contributed by atoms with E-state index >= 15 is 0 Å². The molecule has 2 aromatic carbocycles. The molecule has 0 spiro atoms. The molecule has 4 nitrogen and oxygen atoms in total. The van der Waals surface area contributed by atoms with E-state index in [0.29, 0.717) is 39.7 Å². The van der Waals surface area contributed by atoms with Crippen LogP contribution in [0, 0.1) is 13.1 Å². The molecule has 2 atom stereocenters. The molecule has 0 aliphatic carbocycles. The lowest BCUT2D eigenvalue weighted by molar-refractivity contribution is -0.162. The van der Waals surface area contributed by atoms with Gasteiger partial charge in [-0.2, -0.15) is 0 Å². The molecule has 0 aromatic heterocycles. The SMILES string of the molecule is [C-]#[N+]C(CCOC1CCCCO1)c1ccc(Cl)c(Cl)c1.[C-]#[N+]Cc1ccc(Cl)c(Cl)c1. The molecular weight excluding hydrogens is 478 g/mol. The maximum Gasteiger partial charge on any atom is 0.250 e. The van der Waals surface area contributed by atoms with Crippen LogP contribution in [0.4, 0.5) is 0 Å². The molecule has 0 saturated carbocycles. The number of halogens is 4. The molecule has 164 valence electrons. The van der Waals surface area contributed by atoms with Crippen LogP contribution in [0.15, 0.2) is 36.4 Å². The molecule has 31 heavy (non-hydrogen) atoms. The topological polar surface area (TPSA) is 27.2 Å². The molecule has 2 aromatic rings. The lowest BCUT2D eigenvalue weighted by Gasteiger charge is -2.22. The second-order valence-corrected chi connectivity index (χ2v) is 8.47. The first kappa shape index (κ1) is 25.8. The number of hydrogen-bond donors (Lipinski definition) is 0. The molecule has 1 heterocycles. The Morgan fingerprint density at radius 2 is 1.68 bits per heavy atom. The van der Waals surface area contributed by atoms with Crippen LogP contribution >= 0.6 is 46.4 Å². The fourth-order valence-electron chi connectivity index (χ4n) is 2.91. The summed E-state index contributed by atoms with van der Waals surface area (Å²) < 4.78 is 11.2. The molecule has 1 aliphatic rings. The fourth-order valence-corrected chi connectivity index (χ4v) is 3.54. The second kappa shape index (κ2) is 13.8. The zero-order valence-corrected chi connectivity index (χ0v) is 19.8.